The molecule has 4 rings (SSSR count). The van der Waals surface area contributed by atoms with Crippen molar-refractivity contribution in [3.05, 3.63) is 23.5 Å². The minimum Gasteiger partial charge on any atom is -0.335 e. The summed E-state index contributed by atoms with van der Waals surface area (Å²) in [6, 6.07) is 3.60. The number of imidazole rings is 1. The van der Waals surface area contributed by atoms with Gasteiger partial charge in [-0.1, -0.05) is 34.6 Å². The Balaban J connectivity index is 1.83. The summed E-state index contributed by atoms with van der Waals surface area (Å²) in [6.45, 7) is 11.9. The maximum Gasteiger partial charge on any atom is 0.301 e. The third-order valence-corrected chi connectivity index (χ3v) is 8.74. The fourth-order valence-corrected chi connectivity index (χ4v) is 6.86. The maximum atomic E-state index is 14.1. The fraction of sp³-hybridized carbons (Fsp3) is 0.680. The zero-order chi connectivity index (χ0) is 25.2. The molecule has 2 atom stereocenters. The Morgan fingerprint density at radius 2 is 1.91 bits per heavy atom. The van der Waals surface area contributed by atoms with Crippen molar-refractivity contribution < 1.29 is 13.2 Å². The van der Waals surface area contributed by atoms with Crippen LogP contribution in [-0.2, 0) is 23.7 Å². The molecule has 2 bridgehead atoms. The van der Waals surface area contributed by atoms with Crippen molar-refractivity contribution in [3.8, 4) is 0 Å². The van der Waals surface area contributed by atoms with Gasteiger partial charge in [0.15, 0.2) is 0 Å². The van der Waals surface area contributed by atoms with Crippen LogP contribution in [0.15, 0.2) is 12.1 Å². The lowest BCUT2D eigenvalue weighted by Crippen LogP contribution is -2.38. The summed E-state index contributed by atoms with van der Waals surface area (Å²) in [5.74, 6) is 1.25. The second kappa shape index (κ2) is 8.22. The molecule has 1 saturated carbocycles. The molecule has 9 heteroatoms. The highest BCUT2D eigenvalue weighted by Crippen LogP contribution is 2.52. The Kier molecular flexibility index (Phi) is 6.04. The van der Waals surface area contributed by atoms with Gasteiger partial charge in [-0.3, -0.25) is 9.52 Å². The number of aromatic nitrogens is 2. The first-order valence-corrected chi connectivity index (χ1v) is 13.6. The Hall–Kier alpha value is -2.13. The number of fused-ring (bicyclic) bond motifs is 3. The quantitative estimate of drug-likeness (QED) is 0.664. The lowest BCUT2D eigenvalue weighted by molar-refractivity contribution is 0.0710. The Bertz CT molecular complexity index is 1230. The van der Waals surface area contributed by atoms with E-state index in [0.29, 0.717) is 22.7 Å². The summed E-state index contributed by atoms with van der Waals surface area (Å²) in [5.41, 5.74) is 2.57. The molecule has 2 heterocycles. The topological polar surface area (TPSA) is 87.5 Å². The summed E-state index contributed by atoms with van der Waals surface area (Å²) >= 11 is 0. The van der Waals surface area contributed by atoms with E-state index in [1.807, 2.05) is 16.5 Å². The molecule has 34 heavy (non-hydrogen) atoms. The van der Waals surface area contributed by atoms with Gasteiger partial charge in [-0.15, -0.1) is 0 Å². The Morgan fingerprint density at radius 3 is 2.53 bits per heavy atom. The molecule has 1 aliphatic heterocycles. The number of aryl methyl sites for hydroxylation is 1. The van der Waals surface area contributed by atoms with Crippen molar-refractivity contribution in [3.63, 3.8) is 0 Å². The summed E-state index contributed by atoms with van der Waals surface area (Å²) in [7, 11) is 1.17. The van der Waals surface area contributed by atoms with Crippen LogP contribution in [0.4, 0.5) is 5.69 Å². The minimum absolute atomic E-state index is 0.0403. The largest absolute Gasteiger partial charge is 0.335 e. The zero-order valence-electron chi connectivity index (χ0n) is 21.8. The number of carbonyl (C=O) groups excluding carboxylic acids is 1. The van der Waals surface area contributed by atoms with Crippen LogP contribution in [0, 0.1) is 16.7 Å². The van der Waals surface area contributed by atoms with Crippen LogP contribution in [-0.4, -0.2) is 59.8 Å². The number of hydrogen-bond acceptors (Lipinski definition) is 4. The van der Waals surface area contributed by atoms with Gasteiger partial charge in [-0.25, -0.2) is 4.98 Å². The van der Waals surface area contributed by atoms with Gasteiger partial charge in [-0.05, 0) is 48.1 Å². The second-order valence-electron chi connectivity index (χ2n) is 12.1. The van der Waals surface area contributed by atoms with Crippen LogP contribution < -0.4 is 4.72 Å². The molecule has 188 valence electrons. The number of nitrogens with zero attached hydrogens (tertiary/aromatic N) is 4. The monoisotopic (exact) mass is 489 g/mol. The van der Waals surface area contributed by atoms with Crippen molar-refractivity contribution in [1.29, 1.82) is 0 Å². The van der Waals surface area contributed by atoms with E-state index in [2.05, 4.69) is 39.3 Å². The molecule has 1 saturated heterocycles. The number of hydrogen-bond donors (Lipinski definition) is 1. The molecular formula is C25H39N5O3S. The average molecular weight is 490 g/mol. The fourth-order valence-electron chi connectivity index (χ4n) is 6.26. The van der Waals surface area contributed by atoms with Crippen LogP contribution in [0.3, 0.4) is 0 Å². The van der Waals surface area contributed by atoms with Crippen LogP contribution in [0.2, 0.25) is 0 Å². The molecule has 1 aromatic heterocycles. The maximum absolute atomic E-state index is 14.1. The molecule has 1 amide bonds. The van der Waals surface area contributed by atoms with Gasteiger partial charge >= 0.3 is 10.2 Å². The van der Waals surface area contributed by atoms with E-state index < -0.39 is 10.2 Å². The van der Waals surface area contributed by atoms with Crippen molar-refractivity contribution in [1.82, 2.24) is 18.8 Å². The molecule has 2 aromatic rings. The Labute approximate surface area is 203 Å². The minimum atomic E-state index is -3.72. The van der Waals surface area contributed by atoms with E-state index >= 15 is 0 Å². The summed E-state index contributed by atoms with van der Waals surface area (Å²) in [5, 5.41) is 0. The lowest BCUT2D eigenvalue weighted by atomic mass is 9.65. The molecule has 0 spiro atoms. The summed E-state index contributed by atoms with van der Waals surface area (Å²) in [4.78, 5) is 20.9. The molecule has 2 aliphatic rings. The van der Waals surface area contributed by atoms with E-state index in [9.17, 15) is 13.2 Å². The predicted octanol–water partition coefficient (Wildman–Crippen LogP) is 4.03. The first-order chi connectivity index (χ1) is 15.6. The number of nitrogens with one attached hydrogen (secondary N) is 1. The average Bonchev–Trinajstić information content (AvgIpc) is 3.11. The standard InChI is InChI=1S/C25H39N5O3S/c1-16(2)9-21-26-20-11-17(27-34(32,33)28(6)7)10-19(22(20)29(21)8)23(31)30-15-25(5)13-18(30)12-24(3,4)14-25/h10-11,16,18,27H,9,12-15H2,1-8H3/t18-,25+/m1/s1. The van der Waals surface area contributed by atoms with Crippen molar-refractivity contribution in [2.24, 2.45) is 23.8 Å². The Morgan fingerprint density at radius 1 is 1.24 bits per heavy atom. The van der Waals surface area contributed by atoms with Crippen molar-refractivity contribution in [2.75, 3.05) is 25.4 Å². The van der Waals surface area contributed by atoms with Crippen LogP contribution in [0.25, 0.3) is 11.0 Å². The molecule has 0 radical (unpaired) electrons. The van der Waals surface area contributed by atoms with E-state index in [1.54, 1.807) is 12.1 Å². The van der Waals surface area contributed by atoms with E-state index in [0.717, 1.165) is 47.9 Å². The van der Waals surface area contributed by atoms with Gasteiger partial charge in [0.05, 0.1) is 22.3 Å². The third-order valence-electron chi connectivity index (χ3n) is 7.29. The normalized spacial score (nSPS) is 24.4. The molecular weight excluding hydrogens is 450 g/mol. The lowest BCUT2D eigenvalue weighted by Gasteiger charge is -2.39. The van der Waals surface area contributed by atoms with Gasteiger partial charge in [0, 0.05) is 40.2 Å². The van der Waals surface area contributed by atoms with Gasteiger partial charge in [0.1, 0.15) is 5.82 Å². The van der Waals surface area contributed by atoms with Crippen LogP contribution in [0.1, 0.15) is 70.1 Å². The highest BCUT2D eigenvalue weighted by Gasteiger charge is 2.51. The van der Waals surface area contributed by atoms with E-state index in [-0.39, 0.29) is 22.8 Å². The molecule has 1 N–H and O–H groups in total. The zero-order valence-corrected chi connectivity index (χ0v) is 22.6. The number of amides is 1. The predicted molar refractivity (Wildman–Crippen MR) is 136 cm³/mol. The summed E-state index contributed by atoms with van der Waals surface area (Å²) < 4.78 is 30.8. The van der Waals surface area contributed by atoms with Gasteiger partial charge in [-0.2, -0.15) is 12.7 Å². The number of benzene rings is 1. The summed E-state index contributed by atoms with van der Waals surface area (Å²) in [6.07, 6.45) is 3.87. The highest BCUT2D eigenvalue weighted by atomic mass is 32.2. The molecule has 0 unspecified atom stereocenters. The number of carbonyl (C=O) groups is 1. The van der Waals surface area contributed by atoms with Gasteiger partial charge in [0.2, 0.25) is 0 Å². The molecule has 8 nitrogen and oxygen atoms in total. The highest BCUT2D eigenvalue weighted by molar-refractivity contribution is 7.90. The van der Waals surface area contributed by atoms with Gasteiger partial charge < -0.3 is 9.47 Å². The van der Waals surface area contributed by atoms with E-state index in [4.69, 9.17) is 4.98 Å². The SMILES string of the molecule is CC(C)Cc1nc2cc(NS(=O)(=O)N(C)C)cc(C(=O)N3C[C@@]4(C)C[C@H]3CC(C)(C)C4)c2n1C. The first kappa shape index (κ1) is 25.0. The molecule has 1 aliphatic carbocycles. The number of rotatable bonds is 6. The third kappa shape index (κ3) is 4.56. The number of likely N-dealkylation sites (tertiary alicyclic amines) is 1. The number of anilines is 1. The molecule has 2 fully saturated rings. The smallest absolute Gasteiger partial charge is 0.301 e. The van der Waals surface area contributed by atoms with Gasteiger partial charge in [0.25, 0.3) is 5.91 Å². The van der Waals surface area contributed by atoms with Crippen molar-refractivity contribution >= 4 is 32.8 Å². The van der Waals surface area contributed by atoms with Crippen molar-refractivity contribution in [2.45, 2.75) is 66.3 Å². The molecule has 1 aromatic carbocycles. The van der Waals surface area contributed by atoms with E-state index in [1.165, 1.54) is 14.1 Å². The van der Waals surface area contributed by atoms with Crippen LogP contribution >= 0.6 is 0 Å². The first-order valence-electron chi connectivity index (χ1n) is 12.1. The second-order valence-corrected chi connectivity index (χ2v) is 14.0. The van der Waals surface area contributed by atoms with Crippen LogP contribution in [0.5, 0.6) is 0 Å².